The summed E-state index contributed by atoms with van der Waals surface area (Å²) >= 11 is 0. The van der Waals surface area contributed by atoms with E-state index in [-0.39, 0.29) is 16.9 Å². The molecule has 0 aliphatic rings. The SMILES string of the molecule is CNc1ccc([N+](=O)[O-])cc1C(=O)[O-]. The van der Waals surface area contributed by atoms with Crippen LogP contribution in [0.15, 0.2) is 18.2 Å². The lowest BCUT2D eigenvalue weighted by Gasteiger charge is -2.08. The molecule has 0 spiro atoms. The Morgan fingerprint density at radius 2 is 2.14 bits per heavy atom. The molecule has 0 heterocycles. The summed E-state index contributed by atoms with van der Waals surface area (Å²) in [5.41, 5.74) is -0.208. The molecule has 1 N–H and O–H groups in total. The minimum absolute atomic E-state index is 0.221. The van der Waals surface area contributed by atoms with Crippen molar-refractivity contribution in [2.75, 3.05) is 12.4 Å². The number of nitrogens with one attached hydrogen (secondary N) is 1. The van der Waals surface area contributed by atoms with Gasteiger partial charge in [-0.1, -0.05) is 0 Å². The standard InChI is InChI=1S/C8H8N2O4/c1-9-7-3-2-5(10(13)14)4-6(7)8(11)12/h2-4,9H,1H3,(H,11,12)/p-1. The Balaban J connectivity index is 3.27. The smallest absolute Gasteiger partial charge is 0.270 e. The molecule has 74 valence electrons. The van der Waals surface area contributed by atoms with Gasteiger partial charge in [-0.2, -0.15) is 0 Å². The van der Waals surface area contributed by atoms with Crippen LogP contribution in [-0.4, -0.2) is 17.9 Å². The third kappa shape index (κ3) is 1.79. The number of carbonyl (C=O) groups is 1. The molecule has 0 amide bonds. The van der Waals surface area contributed by atoms with Gasteiger partial charge < -0.3 is 15.2 Å². The van der Waals surface area contributed by atoms with Crippen molar-refractivity contribution < 1.29 is 14.8 Å². The maximum Gasteiger partial charge on any atom is 0.270 e. The fourth-order valence-corrected chi connectivity index (χ4v) is 1.03. The van der Waals surface area contributed by atoms with E-state index in [0.717, 1.165) is 6.07 Å². The van der Waals surface area contributed by atoms with Crippen LogP contribution in [0.25, 0.3) is 0 Å². The summed E-state index contributed by atoms with van der Waals surface area (Å²) in [6.07, 6.45) is 0. The van der Waals surface area contributed by atoms with Crippen molar-refractivity contribution in [2.24, 2.45) is 0 Å². The van der Waals surface area contributed by atoms with E-state index in [9.17, 15) is 20.0 Å². The van der Waals surface area contributed by atoms with Crippen molar-refractivity contribution in [1.82, 2.24) is 0 Å². The monoisotopic (exact) mass is 195 g/mol. The van der Waals surface area contributed by atoms with Gasteiger partial charge in [0.2, 0.25) is 0 Å². The minimum atomic E-state index is -1.45. The molecule has 6 heteroatoms. The summed E-state index contributed by atoms with van der Waals surface area (Å²) in [6, 6.07) is 3.50. The first-order chi connectivity index (χ1) is 6.56. The Labute approximate surface area is 79.3 Å². The van der Waals surface area contributed by atoms with Crippen LogP contribution in [0.4, 0.5) is 11.4 Å². The normalized spacial score (nSPS) is 9.50. The van der Waals surface area contributed by atoms with E-state index in [0.29, 0.717) is 0 Å². The quantitative estimate of drug-likeness (QED) is 0.541. The molecule has 0 aliphatic heterocycles. The third-order valence-corrected chi connectivity index (χ3v) is 1.70. The molecule has 0 saturated carbocycles. The Morgan fingerprint density at radius 3 is 2.57 bits per heavy atom. The van der Waals surface area contributed by atoms with Crippen LogP contribution >= 0.6 is 0 Å². The summed E-state index contributed by atoms with van der Waals surface area (Å²) in [7, 11) is 1.52. The van der Waals surface area contributed by atoms with Crippen LogP contribution in [0, 0.1) is 10.1 Å². The van der Waals surface area contributed by atoms with Gasteiger partial charge in [-0.05, 0) is 6.07 Å². The van der Waals surface area contributed by atoms with Crippen molar-refractivity contribution in [1.29, 1.82) is 0 Å². The number of aromatic carboxylic acids is 1. The molecule has 0 radical (unpaired) electrons. The fraction of sp³-hybridized carbons (Fsp3) is 0.125. The fourth-order valence-electron chi connectivity index (χ4n) is 1.03. The zero-order chi connectivity index (χ0) is 10.7. The summed E-state index contributed by atoms with van der Waals surface area (Å²) < 4.78 is 0. The van der Waals surface area contributed by atoms with E-state index >= 15 is 0 Å². The number of carboxylic acid groups (broad SMARTS) is 1. The minimum Gasteiger partial charge on any atom is -0.545 e. The number of nitro groups is 1. The molecule has 0 aromatic heterocycles. The number of nitro benzene ring substituents is 1. The first-order valence-corrected chi connectivity index (χ1v) is 3.74. The van der Waals surface area contributed by atoms with Gasteiger partial charge in [0.15, 0.2) is 0 Å². The van der Waals surface area contributed by atoms with Crippen molar-refractivity contribution in [3.63, 3.8) is 0 Å². The highest BCUT2D eigenvalue weighted by Gasteiger charge is 2.10. The number of hydrogen-bond donors (Lipinski definition) is 1. The molecule has 0 saturated heterocycles. The van der Waals surface area contributed by atoms with Gasteiger partial charge in [0.25, 0.3) is 5.69 Å². The van der Waals surface area contributed by atoms with Gasteiger partial charge in [0.05, 0.1) is 10.9 Å². The van der Waals surface area contributed by atoms with E-state index in [4.69, 9.17) is 0 Å². The van der Waals surface area contributed by atoms with Gasteiger partial charge in [0.1, 0.15) is 0 Å². The Hall–Kier alpha value is -2.11. The van der Waals surface area contributed by atoms with E-state index in [1.807, 2.05) is 0 Å². The molecule has 14 heavy (non-hydrogen) atoms. The Bertz CT molecular complexity index is 389. The molecule has 0 unspecified atom stereocenters. The number of carbonyl (C=O) groups excluding carboxylic acids is 1. The van der Waals surface area contributed by atoms with Crippen LogP contribution in [-0.2, 0) is 0 Å². The first kappa shape index (κ1) is 9.97. The van der Waals surface area contributed by atoms with Gasteiger partial charge >= 0.3 is 0 Å². The maximum atomic E-state index is 10.6. The Kier molecular flexibility index (Phi) is 2.66. The van der Waals surface area contributed by atoms with Crippen LogP contribution in [0.3, 0.4) is 0 Å². The molecule has 0 atom stereocenters. The van der Waals surface area contributed by atoms with E-state index in [1.54, 1.807) is 0 Å². The lowest BCUT2D eigenvalue weighted by Crippen LogP contribution is -2.23. The maximum absolute atomic E-state index is 10.6. The summed E-state index contributed by atoms with van der Waals surface area (Å²) in [4.78, 5) is 20.3. The van der Waals surface area contributed by atoms with Crippen LogP contribution in [0.2, 0.25) is 0 Å². The molecular weight excluding hydrogens is 188 g/mol. The second-order valence-electron chi connectivity index (χ2n) is 2.52. The summed E-state index contributed by atoms with van der Waals surface area (Å²) in [5.74, 6) is -1.45. The lowest BCUT2D eigenvalue weighted by molar-refractivity contribution is -0.385. The summed E-state index contributed by atoms with van der Waals surface area (Å²) in [5, 5.41) is 23.5. The van der Waals surface area contributed by atoms with Crippen molar-refractivity contribution in [2.45, 2.75) is 0 Å². The molecule has 1 aromatic carbocycles. The average Bonchev–Trinajstić information content (AvgIpc) is 2.16. The largest absolute Gasteiger partial charge is 0.545 e. The number of non-ortho nitro benzene ring substituents is 1. The van der Waals surface area contributed by atoms with Gasteiger partial charge in [-0.3, -0.25) is 10.1 Å². The number of nitrogens with zero attached hydrogens (tertiary/aromatic N) is 1. The molecular formula is C8H7N2O4-. The second-order valence-corrected chi connectivity index (χ2v) is 2.52. The summed E-state index contributed by atoms with van der Waals surface area (Å²) in [6.45, 7) is 0. The molecule has 0 fully saturated rings. The van der Waals surface area contributed by atoms with Crippen LogP contribution < -0.4 is 10.4 Å². The predicted octanol–water partition coefficient (Wildman–Crippen LogP) is -0.000000000000000278. The number of anilines is 1. The highest BCUT2D eigenvalue weighted by Crippen LogP contribution is 2.20. The second kappa shape index (κ2) is 3.73. The topological polar surface area (TPSA) is 95.3 Å². The van der Waals surface area contributed by atoms with Gasteiger partial charge in [0, 0.05) is 30.4 Å². The van der Waals surface area contributed by atoms with Crippen molar-refractivity contribution >= 4 is 17.3 Å². The molecule has 6 nitrogen and oxygen atoms in total. The number of carboxylic acids is 1. The number of rotatable bonds is 3. The van der Waals surface area contributed by atoms with Crippen molar-refractivity contribution in [3.8, 4) is 0 Å². The van der Waals surface area contributed by atoms with Crippen LogP contribution in [0.5, 0.6) is 0 Å². The molecule has 1 aromatic rings. The first-order valence-electron chi connectivity index (χ1n) is 3.74. The van der Waals surface area contributed by atoms with E-state index in [1.165, 1.54) is 19.2 Å². The lowest BCUT2D eigenvalue weighted by atomic mass is 10.1. The van der Waals surface area contributed by atoms with Gasteiger partial charge in [-0.25, -0.2) is 0 Å². The van der Waals surface area contributed by atoms with Gasteiger partial charge in [-0.15, -0.1) is 0 Å². The van der Waals surface area contributed by atoms with E-state index in [2.05, 4.69) is 5.32 Å². The molecule has 1 rings (SSSR count). The zero-order valence-corrected chi connectivity index (χ0v) is 7.31. The number of benzene rings is 1. The molecule has 0 bridgehead atoms. The molecule has 0 aliphatic carbocycles. The predicted molar refractivity (Wildman–Crippen MR) is 47.0 cm³/mol. The average molecular weight is 195 g/mol. The van der Waals surface area contributed by atoms with Crippen LogP contribution in [0.1, 0.15) is 10.4 Å². The third-order valence-electron chi connectivity index (χ3n) is 1.70. The zero-order valence-electron chi connectivity index (χ0n) is 7.31. The Morgan fingerprint density at radius 1 is 1.50 bits per heavy atom. The van der Waals surface area contributed by atoms with E-state index < -0.39 is 10.9 Å². The highest BCUT2D eigenvalue weighted by molar-refractivity contribution is 5.93. The highest BCUT2D eigenvalue weighted by atomic mass is 16.6. The van der Waals surface area contributed by atoms with Crippen molar-refractivity contribution in [3.05, 3.63) is 33.9 Å². The number of hydrogen-bond acceptors (Lipinski definition) is 5.